The molecule has 0 aliphatic carbocycles. The van der Waals surface area contributed by atoms with E-state index in [2.05, 4.69) is 4.72 Å². The molecular weight excluding hydrogens is 366 g/mol. The van der Waals surface area contributed by atoms with Crippen molar-refractivity contribution >= 4 is 10.0 Å². The lowest BCUT2D eigenvalue weighted by atomic mass is 10.0. The first-order valence-corrected chi connectivity index (χ1v) is 10.6. The lowest BCUT2D eigenvalue weighted by Crippen LogP contribution is -2.28. The van der Waals surface area contributed by atoms with Crippen molar-refractivity contribution in [3.05, 3.63) is 53.1 Å². The molecule has 1 unspecified atom stereocenters. The molecule has 2 N–H and O–H groups in total. The molecule has 2 aromatic rings. The van der Waals surface area contributed by atoms with Crippen molar-refractivity contribution in [2.24, 2.45) is 0 Å². The second-order valence-corrected chi connectivity index (χ2v) is 8.38. The number of benzene rings is 2. The number of nitrogens with one attached hydrogen (secondary N) is 1. The third kappa shape index (κ3) is 4.61. The first-order valence-electron chi connectivity index (χ1n) is 9.07. The van der Waals surface area contributed by atoms with Gasteiger partial charge >= 0.3 is 0 Å². The molecule has 0 aromatic heterocycles. The number of aliphatic hydroxyl groups excluding tert-OH is 1. The van der Waals surface area contributed by atoms with Gasteiger partial charge in [0, 0.05) is 13.0 Å². The Hall–Kier alpha value is -2.09. The summed E-state index contributed by atoms with van der Waals surface area (Å²) < 4.78 is 38.6. The average molecular weight is 391 g/mol. The van der Waals surface area contributed by atoms with Crippen LogP contribution >= 0.6 is 0 Å². The molecule has 0 spiro atoms. The van der Waals surface area contributed by atoms with Gasteiger partial charge in [0.2, 0.25) is 10.0 Å². The fraction of sp³-hybridized carbons (Fsp3) is 0.400. The van der Waals surface area contributed by atoms with E-state index in [0.29, 0.717) is 24.5 Å². The summed E-state index contributed by atoms with van der Waals surface area (Å²) in [5.41, 5.74) is 2.46. The zero-order valence-electron chi connectivity index (χ0n) is 15.6. The number of rotatable bonds is 8. The Morgan fingerprint density at radius 1 is 1.26 bits per heavy atom. The van der Waals surface area contributed by atoms with Crippen LogP contribution in [0.4, 0.5) is 0 Å². The van der Waals surface area contributed by atoms with Crippen molar-refractivity contribution < 1.29 is 23.0 Å². The third-order valence-electron chi connectivity index (χ3n) is 4.48. The Balaban J connectivity index is 1.66. The molecular formula is C20H25NO5S. The Morgan fingerprint density at radius 2 is 2.07 bits per heavy atom. The lowest BCUT2D eigenvalue weighted by Gasteiger charge is -2.15. The Kier molecular flexibility index (Phi) is 6.04. The van der Waals surface area contributed by atoms with Crippen molar-refractivity contribution in [2.75, 3.05) is 19.8 Å². The van der Waals surface area contributed by atoms with Gasteiger partial charge in [-0.1, -0.05) is 13.0 Å². The number of fused-ring (bicyclic) bond motifs is 1. The van der Waals surface area contributed by atoms with Gasteiger partial charge in [0.25, 0.3) is 0 Å². The van der Waals surface area contributed by atoms with Gasteiger partial charge in [0.15, 0.2) is 0 Å². The van der Waals surface area contributed by atoms with Crippen molar-refractivity contribution in [1.82, 2.24) is 4.72 Å². The molecule has 0 radical (unpaired) electrons. The van der Waals surface area contributed by atoms with Crippen LogP contribution in [0.5, 0.6) is 11.5 Å². The topological polar surface area (TPSA) is 84.9 Å². The molecule has 27 heavy (non-hydrogen) atoms. The van der Waals surface area contributed by atoms with Gasteiger partial charge in [-0.15, -0.1) is 0 Å². The van der Waals surface area contributed by atoms with Crippen LogP contribution in [0.25, 0.3) is 0 Å². The first kappa shape index (κ1) is 19.7. The quantitative estimate of drug-likeness (QED) is 0.723. The summed E-state index contributed by atoms with van der Waals surface area (Å²) in [5, 5.41) is 10.4. The SMILES string of the molecule is CCCOc1ccc(S(=O)(=O)NCC(O)c2ccc3c(c2)CCO3)cc1C. The van der Waals surface area contributed by atoms with Gasteiger partial charge in [-0.05, 0) is 60.4 Å². The van der Waals surface area contributed by atoms with E-state index in [1.54, 1.807) is 18.2 Å². The van der Waals surface area contributed by atoms with Gasteiger partial charge in [-0.2, -0.15) is 0 Å². The molecule has 1 heterocycles. The molecule has 0 saturated carbocycles. The van der Waals surface area contributed by atoms with Crippen LogP contribution in [0.2, 0.25) is 0 Å². The van der Waals surface area contributed by atoms with E-state index in [-0.39, 0.29) is 11.4 Å². The van der Waals surface area contributed by atoms with Crippen LogP contribution in [0.15, 0.2) is 41.3 Å². The maximum absolute atomic E-state index is 12.5. The molecule has 1 atom stereocenters. The zero-order chi connectivity index (χ0) is 19.4. The van der Waals surface area contributed by atoms with Crippen LogP contribution < -0.4 is 14.2 Å². The fourth-order valence-corrected chi connectivity index (χ4v) is 4.09. The number of hydrogen-bond donors (Lipinski definition) is 2. The minimum Gasteiger partial charge on any atom is -0.493 e. The zero-order valence-corrected chi connectivity index (χ0v) is 16.4. The first-order chi connectivity index (χ1) is 12.9. The Labute approximate surface area is 160 Å². The predicted octanol–water partition coefficient (Wildman–Crippen LogP) is 2.73. The fourth-order valence-electron chi connectivity index (χ4n) is 2.97. The molecule has 0 bridgehead atoms. The molecule has 7 heteroatoms. The highest BCUT2D eigenvalue weighted by atomic mass is 32.2. The summed E-state index contributed by atoms with van der Waals surface area (Å²) in [7, 11) is -3.72. The number of aliphatic hydroxyl groups is 1. The molecule has 1 aliphatic heterocycles. The van der Waals surface area contributed by atoms with Crippen LogP contribution in [-0.4, -0.2) is 33.3 Å². The summed E-state index contributed by atoms with van der Waals surface area (Å²) >= 11 is 0. The predicted molar refractivity (Wildman–Crippen MR) is 103 cm³/mol. The highest BCUT2D eigenvalue weighted by Crippen LogP contribution is 2.28. The molecule has 0 saturated heterocycles. The van der Waals surface area contributed by atoms with Gasteiger partial charge < -0.3 is 14.6 Å². The lowest BCUT2D eigenvalue weighted by molar-refractivity contribution is 0.182. The van der Waals surface area contributed by atoms with E-state index in [1.807, 2.05) is 26.0 Å². The monoisotopic (exact) mass is 391 g/mol. The number of ether oxygens (including phenoxy) is 2. The molecule has 0 fully saturated rings. The molecule has 1 aliphatic rings. The summed E-state index contributed by atoms with van der Waals surface area (Å²) in [6, 6.07) is 10.2. The second-order valence-electron chi connectivity index (χ2n) is 6.61. The van der Waals surface area contributed by atoms with Gasteiger partial charge in [-0.25, -0.2) is 13.1 Å². The van der Waals surface area contributed by atoms with Crippen LogP contribution in [0.1, 0.15) is 36.1 Å². The number of sulfonamides is 1. The smallest absolute Gasteiger partial charge is 0.240 e. The summed E-state index contributed by atoms with van der Waals surface area (Å²) in [4.78, 5) is 0.151. The minimum atomic E-state index is -3.72. The van der Waals surface area contributed by atoms with E-state index >= 15 is 0 Å². The molecule has 2 aromatic carbocycles. The Morgan fingerprint density at radius 3 is 2.81 bits per heavy atom. The largest absolute Gasteiger partial charge is 0.493 e. The molecule has 3 rings (SSSR count). The van der Waals surface area contributed by atoms with Crippen LogP contribution in [-0.2, 0) is 16.4 Å². The van der Waals surface area contributed by atoms with E-state index in [4.69, 9.17) is 9.47 Å². The highest BCUT2D eigenvalue weighted by molar-refractivity contribution is 7.89. The number of hydrogen-bond acceptors (Lipinski definition) is 5. The average Bonchev–Trinajstić information content (AvgIpc) is 3.13. The van der Waals surface area contributed by atoms with Crippen molar-refractivity contribution in [3.63, 3.8) is 0 Å². The van der Waals surface area contributed by atoms with Crippen LogP contribution in [0.3, 0.4) is 0 Å². The minimum absolute atomic E-state index is 0.102. The standard InChI is InChI=1S/C20H25NO5S/c1-3-9-25-19-7-5-17(11-14(19)2)27(23,24)21-13-18(22)15-4-6-20-16(12-15)8-10-26-20/h4-7,11-12,18,21-22H,3,8-10,13H2,1-2H3. The summed E-state index contributed by atoms with van der Waals surface area (Å²) in [6.07, 6.45) is 0.750. The number of aryl methyl sites for hydroxylation is 1. The Bertz CT molecular complexity index is 911. The van der Waals surface area contributed by atoms with Crippen molar-refractivity contribution in [2.45, 2.75) is 37.7 Å². The highest BCUT2D eigenvalue weighted by Gasteiger charge is 2.20. The van der Waals surface area contributed by atoms with Crippen molar-refractivity contribution in [3.8, 4) is 11.5 Å². The maximum atomic E-state index is 12.5. The third-order valence-corrected chi connectivity index (χ3v) is 5.90. The second kappa shape index (κ2) is 8.29. The van der Waals surface area contributed by atoms with E-state index in [9.17, 15) is 13.5 Å². The molecule has 0 amide bonds. The normalized spacial score (nSPS) is 14.5. The van der Waals surface area contributed by atoms with E-state index in [0.717, 1.165) is 29.7 Å². The van der Waals surface area contributed by atoms with Crippen molar-refractivity contribution in [1.29, 1.82) is 0 Å². The maximum Gasteiger partial charge on any atom is 0.240 e. The van der Waals surface area contributed by atoms with Crippen LogP contribution in [0, 0.1) is 6.92 Å². The summed E-state index contributed by atoms with van der Waals surface area (Å²) in [5.74, 6) is 1.50. The van der Waals surface area contributed by atoms with Gasteiger partial charge in [0.05, 0.1) is 24.2 Å². The van der Waals surface area contributed by atoms with Gasteiger partial charge in [0.1, 0.15) is 11.5 Å². The van der Waals surface area contributed by atoms with E-state index in [1.165, 1.54) is 6.07 Å². The summed E-state index contributed by atoms with van der Waals surface area (Å²) in [6.45, 7) is 4.94. The van der Waals surface area contributed by atoms with E-state index < -0.39 is 16.1 Å². The molecule has 6 nitrogen and oxygen atoms in total. The molecule has 146 valence electrons. The van der Waals surface area contributed by atoms with Gasteiger partial charge in [-0.3, -0.25) is 0 Å².